The fourth-order valence-corrected chi connectivity index (χ4v) is 4.55. The summed E-state index contributed by atoms with van der Waals surface area (Å²) in [4.78, 5) is 17.7. The van der Waals surface area contributed by atoms with Gasteiger partial charge in [-0.25, -0.2) is 0 Å². The minimum Gasteiger partial charge on any atom is -0.356 e. The Kier molecular flexibility index (Phi) is 5.91. The molecule has 0 aromatic heterocycles. The highest BCUT2D eigenvalue weighted by Gasteiger charge is 2.32. The molecule has 1 amide bonds. The lowest BCUT2D eigenvalue weighted by Gasteiger charge is -2.42. The van der Waals surface area contributed by atoms with Crippen LogP contribution >= 0.6 is 0 Å². The molecule has 142 valence electrons. The van der Waals surface area contributed by atoms with Gasteiger partial charge in [0.05, 0.1) is 5.92 Å². The number of carbonyl (C=O) groups excluding carboxylic acids is 1. The molecule has 4 nitrogen and oxygen atoms in total. The summed E-state index contributed by atoms with van der Waals surface area (Å²) in [5.74, 6) is 1.29. The molecule has 4 heteroatoms. The Balaban J connectivity index is 1.22. The van der Waals surface area contributed by atoms with Gasteiger partial charge in [0, 0.05) is 25.7 Å². The molecular formula is C22H33N3O. The lowest BCUT2D eigenvalue weighted by Crippen LogP contribution is -2.50. The first-order valence-corrected chi connectivity index (χ1v) is 10.6. The zero-order chi connectivity index (χ0) is 17.8. The van der Waals surface area contributed by atoms with Crippen LogP contribution in [-0.4, -0.2) is 54.5 Å². The van der Waals surface area contributed by atoms with E-state index in [0.29, 0.717) is 11.9 Å². The van der Waals surface area contributed by atoms with Crippen molar-refractivity contribution < 1.29 is 4.79 Å². The maximum Gasteiger partial charge on any atom is 0.224 e. The number of rotatable bonds is 6. The van der Waals surface area contributed by atoms with Crippen molar-refractivity contribution in [2.24, 2.45) is 11.8 Å². The lowest BCUT2D eigenvalue weighted by atomic mass is 9.93. The predicted octanol–water partition coefficient (Wildman–Crippen LogP) is 2.89. The van der Waals surface area contributed by atoms with Gasteiger partial charge >= 0.3 is 0 Å². The first-order valence-electron chi connectivity index (χ1n) is 10.6. The van der Waals surface area contributed by atoms with Crippen LogP contribution in [0.1, 0.15) is 44.1 Å². The molecule has 0 spiro atoms. The molecule has 4 rings (SSSR count). The van der Waals surface area contributed by atoms with E-state index in [2.05, 4.69) is 45.4 Å². The number of likely N-dealkylation sites (tertiary alicyclic amines) is 2. The quantitative estimate of drug-likeness (QED) is 0.852. The standard InChI is InChI=1S/C22H33N3O/c26-22(23-15-18-8-9-18)20-7-4-12-25(17-20)21-10-13-24(14-11-21)16-19-5-2-1-3-6-19/h1-3,5-6,18,20-21H,4,7-17H2,(H,23,26). The van der Waals surface area contributed by atoms with Crippen LogP contribution < -0.4 is 5.32 Å². The number of hydrogen-bond acceptors (Lipinski definition) is 3. The van der Waals surface area contributed by atoms with Crippen LogP contribution in [-0.2, 0) is 11.3 Å². The van der Waals surface area contributed by atoms with Gasteiger partial charge in [0.15, 0.2) is 0 Å². The number of benzene rings is 1. The maximum absolute atomic E-state index is 12.5. The zero-order valence-corrected chi connectivity index (χ0v) is 15.9. The summed E-state index contributed by atoms with van der Waals surface area (Å²) in [6.07, 6.45) is 7.33. The molecule has 0 radical (unpaired) electrons. The average molecular weight is 356 g/mol. The number of amides is 1. The smallest absolute Gasteiger partial charge is 0.224 e. The molecule has 3 aliphatic rings. The van der Waals surface area contributed by atoms with Gasteiger partial charge in [-0.05, 0) is 69.6 Å². The van der Waals surface area contributed by atoms with Crippen LogP contribution in [0.15, 0.2) is 30.3 Å². The summed E-state index contributed by atoms with van der Waals surface area (Å²) in [6, 6.07) is 11.5. The molecule has 1 atom stereocenters. The predicted molar refractivity (Wildman–Crippen MR) is 105 cm³/mol. The van der Waals surface area contributed by atoms with Gasteiger partial charge in [-0.15, -0.1) is 0 Å². The van der Waals surface area contributed by atoms with Gasteiger partial charge in [-0.1, -0.05) is 30.3 Å². The maximum atomic E-state index is 12.5. The molecule has 2 aliphatic heterocycles. The first-order chi connectivity index (χ1) is 12.8. The van der Waals surface area contributed by atoms with Crippen LogP contribution in [0.3, 0.4) is 0 Å². The monoisotopic (exact) mass is 355 g/mol. The summed E-state index contributed by atoms with van der Waals surface area (Å²) < 4.78 is 0. The van der Waals surface area contributed by atoms with Crippen molar-refractivity contribution in [2.75, 3.05) is 32.7 Å². The van der Waals surface area contributed by atoms with Crippen molar-refractivity contribution in [3.05, 3.63) is 35.9 Å². The summed E-state index contributed by atoms with van der Waals surface area (Å²) in [6.45, 7) is 6.48. The first kappa shape index (κ1) is 18.0. The Morgan fingerprint density at radius 2 is 1.77 bits per heavy atom. The Morgan fingerprint density at radius 3 is 2.50 bits per heavy atom. The van der Waals surface area contributed by atoms with E-state index in [1.165, 1.54) is 57.3 Å². The summed E-state index contributed by atoms with van der Waals surface area (Å²) in [5.41, 5.74) is 1.41. The second-order valence-corrected chi connectivity index (χ2v) is 8.52. The van der Waals surface area contributed by atoms with Gasteiger partial charge in [0.25, 0.3) is 0 Å². The van der Waals surface area contributed by atoms with Crippen molar-refractivity contribution in [1.82, 2.24) is 15.1 Å². The van der Waals surface area contributed by atoms with Crippen LogP contribution in [0.4, 0.5) is 0 Å². The fraction of sp³-hybridized carbons (Fsp3) is 0.682. The van der Waals surface area contributed by atoms with Crippen LogP contribution in [0.2, 0.25) is 0 Å². The van der Waals surface area contributed by atoms with Crippen molar-refractivity contribution in [3.8, 4) is 0 Å². The highest BCUT2D eigenvalue weighted by Crippen LogP contribution is 2.28. The Hall–Kier alpha value is -1.39. The second kappa shape index (κ2) is 8.53. The SMILES string of the molecule is O=C(NCC1CC1)C1CCCN(C2CCN(Cc3ccccc3)CC2)C1. The fourth-order valence-electron chi connectivity index (χ4n) is 4.55. The largest absolute Gasteiger partial charge is 0.356 e. The Labute approximate surface area is 157 Å². The van der Waals surface area contributed by atoms with E-state index in [1.54, 1.807) is 0 Å². The van der Waals surface area contributed by atoms with Gasteiger partial charge in [0.1, 0.15) is 0 Å². The highest BCUT2D eigenvalue weighted by molar-refractivity contribution is 5.79. The van der Waals surface area contributed by atoms with Crippen LogP contribution in [0.25, 0.3) is 0 Å². The van der Waals surface area contributed by atoms with E-state index in [9.17, 15) is 4.79 Å². The third kappa shape index (κ3) is 4.86. The molecule has 3 fully saturated rings. The third-order valence-corrected chi connectivity index (χ3v) is 6.41. The van der Waals surface area contributed by atoms with Crippen molar-refractivity contribution in [3.63, 3.8) is 0 Å². The second-order valence-electron chi connectivity index (χ2n) is 8.52. The van der Waals surface area contributed by atoms with Gasteiger partial charge in [-0.3, -0.25) is 14.6 Å². The summed E-state index contributed by atoms with van der Waals surface area (Å²) >= 11 is 0. The normalized spacial score (nSPS) is 25.9. The van der Waals surface area contributed by atoms with E-state index < -0.39 is 0 Å². The zero-order valence-electron chi connectivity index (χ0n) is 15.9. The highest BCUT2D eigenvalue weighted by atomic mass is 16.1. The minimum absolute atomic E-state index is 0.213. The summed E-state index contributed by atoms with van der Waals surface area (Å²) in [5, 5.41) is 3.20. The van der Waals surface area contributed by atoms with E-state index in [0.717, 1.165) is 32.0 Å². The van der Waals surface area contributed by atoms with Crippen molar-refractivity contribution in [2.45, 2.75) is 51.1 Å². The van der Waals surface area contributed by atoms with Gasteiger partial charge < -0.3 is 5.32 Å². The molecule has 1 aromatic rings. The van der Waals surface area contributed by atoms with Crippen LogP contribution in [0.5, 0.6) is 0 Å². The van der Waals surface area contributed by atoms with E-state index in [-0.39, 0.29) is 5.92 Å². The number of nitrogens with zero attached hydrogens (tertiary/aromatic N) is 2. The number of hydrogen-bond donors (Lipinski definition) is 1. The minimum atomic E-state index is 0.213. The topological polar surface area (TPSA) is 35.6 Å². The molecule has 1 N–H and O–H groups in total. The van der Waals surface area contributed by atoms with Gasteiger partial charge in [-0.2, -0.15) is 0 Å². The van der Waals surface area contributed by atoms with E-state index in [1.807, 2.05) is 0 Å². The Morgan fingerprint density at radius 1 is 1.00 bits per heavy atom. The number of piperidine rings is 2. The molecule has 26 heavy (non-hydrogen) atoms. The molecule has 0 bridgehead atoms. The molecule has 2 saturated heterocycles. The summed E-state index contributed by atoms with van der Waals surface area (Å²) in [7, 11) is 0. The third-order valence-electron chi connectivity index (χ3n) is 6.41. The van der Waals surface area contributed by atoms with Crippen molar-refractivity contribution in [1.29, 1.82) is 0 Å². The molecule has 1 unspecified atom stereocenters. The molecule has 1 aromatic carbocycles. The molecular weight excluding hydrogens is 322 g/mol. The molecule has 1 saturated carbocycles. The Bertz CT molecular complexity index is 578. The van der Waals surface area contributed by atoms with Crippen LogP contribution in [0, 0.1) is 11.8 Å². The number of carbonyl (C=O) groups is 1. The lowest BCUT2D eigenvalue weighted by molar-refractivity contribution is -0.127. The van der Waals surface area contributed by atoms with E-state index >= 15 is 0 Å². The van der Waals surface area contributed by atoms with Crippen molar-refractivity contribution >= 4 is 5.91 Å². The molecule has 2 heterocycles. The number of nitrogens with one attached hydrogen (secondary N) is 1. The van der Waals surface area contributed by atoms with E-state index in [4.69, 9.17) is 0 Å². The average Bonchev–Trinajstić information content (AvgIpc) is 3.52. The molecule has 1 aliphatic carbocycles. The van der Waals surface area contributed by atoms with Gasteiger partial charge in [0.2, 0.25) is 5.91 Å².